The van der Waals surface area contributed by atoms with Crippen LogP contribution in [0.2, 0.25) is 0 Å². The number of carbonyl (C=O) groups excluding carboxylic acids is 4. The van der Waals surface area contributed by atoms with Crippen molar-refractivity contribution in [1.29, 1.82) is 0 Å². The van der Waals surface area contributed by atoms with E-state index >= 15 is 0 Å². The lowest BCUT2D eigenvalue weighted by atomic mass is 10.1. The van der Waals surface area contributed by atoms with Crippen LogP contribution in [0.15, 0.2) is 10.2 Å². The highest BCUT2D eigenvalue weighted by Gasteiger charge is 2.32. The second-order valence-electron chi connectivity index (χ2n) is 8.70. The zero-order valence-electron chi connectivity index (χ0n) is 18.8. The molecule has 10 heteroatoms. The molecule has 3 rings (SSSR count). The molecule has 0 saturated carbocycles. The van der Waals surface area contributed by atoms with Gasteiger partial charge in [0.05, 0.1) is 0 Å². The Bertz CT molecular complexity index is 753. The summed E-state index contributed by atoms with van der Waals surface area (Å²) in [7, 11) is 0. The first-order valence-corrected chi connectivity index (χ1v) is 11.1. The maximum absolute atomic E-state index is 13.0. The third kappa shape index (κ3) is 5.11. The van der Waals surface area contributed by atoms with E-state index < -0.39 is 0 Å². The summed E-state index contributed by atoms with van der Waals surface area (Å²) in [6.07, 6.45) is 1.90. The van der Waals surface area contributed by atoms with E-state index in [1.807, 2.05) is 27.7 Å². The van der Waals surface area contributed by atoms with Gasteiger partial charge in [0.25, 0.3) is 11.8 Å². The van der Waals surface area contributed by atoms with E-state index in [0.29, 0.717) is 56.9 Å². The highest BCUT2D eigenvalue weighted by atomic mass is 16.2. The molecule has 3 heterocycles. The molecule has 10 nitrogen and oxygen atoms in total. The van der Waals surface area contributed by atoms with Gasteiger partial charge < -0.3 is 9.80 Å². The summed E-state index contributed by atoms with van der Waals surface area (Å²) in [6, 6.07) is -0.192. The van der Waals surface area contributed by atoms with Crippen LogP contribution in [-0.2, 0) is 19.2 Å². The minimum atomic E-state index is -0.168. The van der Waals surface area contributed by atoms with Crippen LogP contribution in [0.5, 0.6) is 0 Å². The summed E-state index contributed by atoms with van der Waals surface area (Å²) in [6.45, 7) is 9.33. The average Bonchev–Trinajstić information content (AvgIpc) is 2.99. The fourth-order valence-corrected chi connectivity index (χ4v) is 3.95. The second kappa shape index (κ2) is 9.57. The van der Waals surface area contributed by atoms with Crippen molar-refractivity contribution in [2.45, 2.75) is 71.9 Å². The Morgan fingerprint density at radius 1 is 0.677 bits per heavy atom. The summed E-state index contributed by atoms with van der Waals surface area (Å²) >= 11 is 0. The monoisotopic (exact) mass is 432 g/mol. The molecule has 0 bridgehead atoms. The van der Waals surface area contributed by atoms with Gasteiger partial charge in [-0.1, -0.05) is 0 Å². The molecule has 3 aliphatic rings. The molecular formula is C21H32N6O4. The second-order valence-corrected chi connectivity index (χ2v) is 8.70. The number of hydrazone groups is 2. The molecule has 0 unspecified atom stereocenters. The highest BCUT2D eigenvalue weighted by Crippen LogP contribution is 2.17. The first-order chi connectivity index (χ1) is 14.7. The largest absolute Gasteiger partial charge is 0.336 e. The molecule has 0 radical (unpaired) electrons. The Hall–Kier alpha value is -2.78. The van der Waals surface area contributed by atoms with Crippen molar-refractivity contribution in [3.05, 3.63) is 0 Å². The van der Waals surface area contributed by atoms with Gasteiger partial charge in [0, 0.05) is 63.9 Å². The third-order valence-electron chi connectivity index (χ3n) is 5.66. The third-order valence-corrected chi connectivity index (χ3v) is 5.66. The molecule has 1 fully saturated rings. The van der Waals surface area contributed by atoms with Gasteiger partial charge in [-0.3, -0.25) is 19.2 Å². The summed E-state index contributed by atoms with van der Waals surface area (Å²) in [5, 5.41) is 11.4. The smallest absolute Gasteiger partial charge is 0.270 e. The summed E-state index contributed by atoms with van der Waals surface area (Å²) < 4.78 is 0. The number of hydrogen-bond donors (Lipinski definition) is 0. The summed E-state index contributed by atoms with van der Waals surface area (Å²) in [5.74, 6) is -0.471. The van der Waals surface area contributed by atoms with Crippen molar-refractivity contribution in [3.8, 4) is 0 Å². The first kappa shape index (κ1) is 22.9. The Morgan fingerprint density at radius 3 is 1.42 bits per heavy atom. The highest BCUT2D eigenvalue weighted by molar-refractivity contribution is 6.40. The first-order valence-electron chi connectivity index (χ1n) is 11.1. The van der Waals surface area contributed by atoms with Gasteiger partial charge in [-0.15, -0.1) is 0 Å². The number of hydrogen-bond acceptors (Lipinski definition) is 6. The van der Waals surface area contributed by atoms with Crippen molar-refractivity contribution in [2.24, 2.45) is 10.2 Å². The van der Waals surface area contributed by atoms with Crippen LogP contribution in [0, 0.1) is 0 Å². The van der Waals surface area contributed by atoms with Gasteiger partial charge in [0.15, 0.2) is 0 Å². The van der Waals surface area contributed by atoms with E-state index in [1.165, 1.54) is 10.0 Å². The van der Waals surface area contributed by atoms with Gasteiger partial charge in [0.1, 0.15) is 11.4 Å². The van der Waals surface area contributed by atoms with E-state index in [4.69, 9.17) is 0 Å². The molecule has 0 spiro atoms. The maximum Gasteiger partial charge on any atom is 0.270 e. The van der Waals surface area contributed by atoms with Crippen LogP contribution in [0.1, 0.15) is 59.8 Å². The lowest BCUT2D eigenvalue weighted by Crippen LogP contribution is -2.46. The molecule has 1 saturated heterocycles. The van der Waals surface area contributed by atoms with E-state index in [9.17, 15) is 19.2 Å². The van der Waals surface area contributed by atoms with Crippen LogP contribution in [0.25, 0.3) is 0 Å². The number of amides is 4. The molecule has 0 atom stereocenters. The molecule has 4 amide bonds. The molecule has 170 valence electrons. The summed E-state index contributed by atoms with van der Waals surface area (Å²) in [4.78, 5) is 53.4. The SMILES string of the molecule is CC(C)N1N=C(C(=O)N2CCCN(C(=O)C3=NN(C(C)C)C(=O)CC3)CC2)CCC1=O. The summed E-state index contributed by atoms with van der Waals surface area (Å²) in [5.41, 5.74) is 0.798. The zero-order chi connectivity index (χ0) is 22.7. The van der Waals surface area contributed by atoms with Crippen LogP contribution < -0.4 is 0 Å². The van der Waals surface area contributed by atoms with E-state index in [2.05, 4.69) is 10.2 Å². The van der Waals surface area contributed by atoms with Crippen molar-refractivity contribution < 1.29 is 19.2 Å². The van der Waals surface area contributed by atoms with E-state index in [-0.39, 0.29) is 48.6 Å². The zero-order valence-corrected chi connectivity index (χ0v) is 18.8. The number of rotatable bonds is 4. The quantitative estimate of drug-likeness (QED) is 0.656. The van der Waals surface area contributed by atoms with Crippen LogP contribution in [-0.4, -0.2) is 93.1 Å². The van der Waals surface area contributed by atoms with Gasteiger partial charge in [0.2, 0.25) is 11.8 Å². The predicted molar refractivity (Wildman–Crippen MR) is 115 cm³/mol. The molecule has 0 aromatic carbocycles. The lowest BCUT2D eigenvalue weighted by molar-refractivity contribution is -0.135. The van der Waals surface area contributed by atoms with Gasteiger partial charge in [-0.2, -0.15) is 10.2 Å². The van der Waals surface area contributed by atoms with Gasteiger partial charge in [-0.25, -0.2) is 10.0 Å². The van der Waals surface area contributed by atoms with Crippen molar-refractivity contribution in [2.75, 3.05) is 26.2 Å². The van der Waals surface area contributed by atoms with E-state index in [0.717, 1.165) is 0 Å². The fourth-order valence-electron chi connectivity index (χ4n) is 3.95. The minimum Gasteiger partial charge on any atom is -0.336 e. The van der Waals surface area contributed by atoms with Crippen molar-refractivity contribution >= 4 is 35.1 Å². The Labute approximate surface area is 182 Å². The fraction of sp³-hybridized carbons (Fsp3) is 0.714. The van der Waals surface area contributed by atoms with Gasteiger partial charge in [-0.05, 0) is 34.1 Å². The Balaban J connectivity index is 1.65. The molecule has 3 aliphatic heterocycles. The number of nitrogens with zero attached hydrogens (tertiary/aromatic N) is 6. The molecule has 0 aliphatic carbocycles. The van der Waals surface area contributed by atoms with E-state index in [1.54, 1.807) is 9.80 Å². The molecule has 31 heavy (non-hydrogen) atoms. The minimum absolute atomic E-state index is 0.0682. The average molecular weight is 433 g/mol. The Kier molecular flexibility index (Phi) is 7.07. The van der Waals surface area contributed by atoms with Crippen LogP contribution in [0.3, 0.4) is 0 Å². The van der Waals surface area contributed by atoms with Crippen LogP contribution in [0.4, 0.5) is 0 Å². The van der Waals surface area contributed by atoms with Crippen LogP contribution >= 0.6 is 0 Å². The number of carbonyl (C=O) groups is 4. The maximum atomic E-state index is 13.0. The molecular weight excluding hydrogens is 400 g/mol. The van der Waals surface area contributed by atoms with Crippen molar-refractivity contribution in [3.63, 3.8) is 0 Å². The Morgan fingerprint density at radius 2 is 1.06 bits per heavy atom. The molecule has 0 aromatic rings. The lowest BCUT2D eigenvalue weighted by Gasteiger charge is -2.29. The normalized spacial score (nSPS) is 20.8. The van der Waals surface area contributed by atoms with Gasteiger partial charge >= 0.3 is 0 Å². The van der Waals surface area contributed by atoms with Crippen molar-refractivity contribution in [1.82, 2.24) is 19.8 Å². The predicted octanol–water partition coefficient (Wildman–Crippen LogP) is 0.821. The molecule has 0 aromatic heterocycles. The molecule has 0 N–H and O–H groups in total. The topological polar surface area (TPSA) is 106 Å². The standard InChI is InChI=1S/C21H32N6O4/c1-14(2)26-18(28)8-6-16(22-26)20(30)24-10-5-11-25(13-12-24)21(31)17-7-9-19(29)27(23-17)15(3)4/h14-15H,5-13H2,1-4H3.